The minimum absolute atomic E-state index is 0.388. The monoisotopic (exact) mass is 192 g/mol. The first-order valence-electron chi connectivity index (χ1n) is 2.88. The van der Waals surface area contributed by atoms with Gasteiger partial charge in [-0.15, -0.1) is 0 Å². The topological polar surface area (TPSA) is 36.4 Å². The zero-order valence-electron chi connectivity index (χ0n) is 5.75. The zero-order chi connectivity index (χ0) is 8.43. The number of hydrogen-bond donors (Lipinski definition) is 1. The molecule has 3 nitrogen and oxygen atoms in total. The molecule has 0 aliphatic carbocycles. The van der Waals surface area contributed by atoms with Gasteiger partial charge in [0.1, 0.15) is 5.69 Å². The van der Waals surface area contributed by atoms with Gasteiger partial charge in [0.05, 0.1) is 10.7 Å². The predicted octanol–water partition coefficient (Wildman–Crippen LogP) is 2.39. The molecule has 5 heteroatoms. The Morgan fingerprint density at radius 1 is 1.64 bits per heavy atom. The van der Waals surface area contributed by atoms with Crippen LogP contribution >= 0.6 is 23.4 Å². The molecule has 0 spiro atoms. The van der Waals surface area contributed by atoms with Crippen molar-refractivity contribution in [2.24, 2.45) is 0 Å². The summed E-state index contributed by atoms with van der Waals surface area (Å²) in [7, 11) is 0. The van der Waals surface area contributed by atoms with Crippen molar-refractivity contribution in [2.45, 2.75) is 6.92 Å². The molecule has 1 N–H and O–H groups in total. The first-order chi connectivity index (χ1) is 5.11. The molecule has 0 atom stereocenters. The van der Waals surface area contributed by atoms with Gasteiger partial charge in [-0.3, -0.25) is 10.2 Å². The predicted molar refractivity (Wildman–Crippen MR) is 44.1 cm³/mol. The average Bonchev–Trinajstić information content (AvgIpc) is 1.94. The molecule has 0 bridgehead atoms. The van der Waals surface area contributed by atoms with Gasteiger partial charge in [0.25, 0.3) is 0 Å². The minimum atomic E-state index is 0.388. The summed E-state index contributed by atoms with van der Waals surface area (Å²) in [5.41, 5.74) is 1.01. The van der Waals surface area contributed by atoms with Crippen LogP contribution in [0.2, 0.25) is 5.02 Å². The van der Waals surface area contributed by atoms with E-state index in [2.05, 4.69) is 4.98 Å². The molecule has 11 heavy (non-hydrogen) atoms. The van der Waals surface area contributed by atoms with E-state index < -0.39 is 0 Å². The van der Waals surface area contributed by atoms with Gasteiger partial charge < -0.3 is 0 Å². The summed E-state index contributed by atoms with van der Waals surface area (Å²) in [6, 6.07) is 1.52. The first kappa shape index (κ1) is 8.59. The molecule has 1 heterocycles. The molecule has 0 unspecified atom stereocenters. The molecule has 0 aromatic carbocycles. The lowest BCUT2D eigenvalue weighted by Gasteiger charge is -2.08. The largest absolute Gasteiger partial charge is 0.273 e. The van der Waals surface area contributed by atoms with Crippen LogP contribution in [-0.4, -0.2) is 10.2 Å². The molecule has 0 saturated heterocycles. The molecule has 0 fully saturated rings. The van der Waals surface area contributed by atoms with Gasteiger partial charge in [-0.05, 0) is 13.0 Å². The maximum Gasteiger partial charge on any atom is 0.105 e. The molecule has 1 rings (SSSR count). The Bertz CT molecular complexity index is 265. The van der Waals surface area contributed by atoms with Crippen molar-refractivity contribution in [1.29, 1.82) is 0 Å². The Balaban J connectivity index is 3.13. The fraction of sp³-hybridized carbons (Fsp3) is 0.167. The number of aryl methyl sites for hydroxylation is 1. The third-order valence-electron chi connectivity index (χ3n) is 1.23. The highest BCUT2D eigenvalue weighted by atomic mass is 35.5. The van der Waals surface area contributed by atoms with E-state index >= 15 is 0 Å². The van der Waals surface area contributed by atoms with Crippen LogP contribution in [0.25, 0.3) is 0 Å². The molecule has 60 valence electrons. The number of rotatable bonds is 1. The van der Waals surface area contributed by atoms with Crippen LogP contribution in [0.4, 0.5) is 5.69 Å². The highest BCUT2D eigenvalue weighted by molar-refractivity contribution is 6.31. The van der Waals surface area contributed by atoms with Crippen molar-refractivity contribution in [1.82, 2.24) is 4.98 Å². The van der Waals surface area contributed by atoms with Crippen LogP contribution in [0.15, 0.2) is 12.3 Å². The number of nitrogens with zero attached hydrogens (tertiary/aromatic N) is 2. The molecular formula is C6H6Cl2N2O. The maximum atomic E-state index is 8.83. The second-order valence-electron chi connectivity index (χ2n) is 2.02. The van der Waals surface area contributed by atoms with Crippen molar-refractivity contribution in [2.75, 3.05) is 4.58 Å². The van der Waals surface area contributed by atoms with E-state index in [0.29, 0.717) is 21.0 Å². The van der Waals surface area contributed by atoms with Crippen molar-refractivity contribution in [3.8, 4) is 0 Å². The van der Waals surface area contributed by atoms with Gasteiger partial charge in [0.2, 0.25) is 0 Å². The van der Waals surface area contributed by atoms with E-state index in [9.17, 15) is 0 Å². The number of anilines is 1. The highest BCUT2D eigenvalue weighted by Gasteiger charge is 2.04. The molecule has 1 aromatic rings. The Morgan fingerprint density at radius 3 is 2.73 bits per heavy atom. The van der Waals surface area contributed by atoms with E-state index in [0.717, 1.165) is 0 Å². The first-order valence-corrected chi connectivity index (χ1v) is 3.60. The summed E-state index contributed by atoms with van der Waals surface area (Å²) in [6.45, 7) is 1.72. The third kappa shape index (κ3) is 1.96. The fourth-order valence-corrected chi connectivity index (χ4v) is 1.01. The summed E-state index contributed by atoms with van der Waals surface area (Å²) in [4.78, 5) is 3.88. The Morgan fingerprint density at radius 2 is 2.27 bits per heavy atom. The standard InChI is InChI=1S/C6H6Cl2N2O/c1-4-6(10(8)11)2-5(7)3-9-4/h2-3,11H,1H3. The third-order valence-corrected chi connectivity index (χ3v) is 1.61. The minimum Gasteiger partial charge on any atom is -0.273 e. The van der Waals surface area contributed by atoms with Crippen LogP contribution < -0.4 is 4.58 Å². The van der Waals surface area contributed by atoms with Crippen LogP contribution in [0.1, 0.15) is 5.69 Å². The summed E-state index contributed by atoms with van der Waals surface area (Å²) in [5.74, 6) is 0. The van der Waals surface area contributed by atoms with Crippen molar-refractivity contribution >= 4 is 29.1 Å². The lowest BCUT2D eigenvalue weighted by atomic mass is 10.3. The number of hydrogen-bond acceptors (Lipinski definition) is 3. The smallest absolute Gasteiger partial charge is 0.105 e. The Kier molecular flexibility index (Phi) is 2.54. The quantitative estimate of drug-likeness (QED) is 0.549. The Hall–Kier alpha value is -0.510. The molecule has 0 saturated carbocycles. The van der Waals surface area contributed by atoms with Gasteiger partial charge in [0, 0.05) is 18.0 Å². The SMILES string of the molecule is Cc1ncc(Cl)cc1N(O)Cl. The van der Waals surface area contributed by atoms with Crippen LogP contribution in [-0.2, 0) is 0 Å². The molecular weight excluding hydrogens is 187 g/mol. The fourth-order valence-electron chi connectivity index (χ4n) is 0.684. The molecule has 0 aliphatic rings. The van der Waals surface area contributed by atoms with Crippen molar-refractivity contribution in [3.63, 3.8) is 0 Å². The highest BCUT2D eigenvalue weighted by Crippen LogP contribution is 2.21. The van der Waals surface area contributed by atoms with Gasteiger partial charge in [0.15, 0.2) is 0 Å². The lowest BCUT2D eigenvalue weighted by Crippen LogP contribution is -2.04. The second kappa shape index (κ2) is 3.26. The summed E-state index contributed by atoms with van der Waals surface area (Å²) in [6.07, 6.45) is 1.49. The van der Waals surface area contributed by atoms with Crippen LogP contribution in [0.5, 0.6) is 0 Å². The number of halogens is 2. The van der Waals surface area contributed by atoms with Crippen molar-refractivity contribution in [3.05, 3.63) is 23.0 Å². The molecule has 0 aliphatic heterocycles. The molecule has 0 radical (unpaired) electrons. The zero-order valence-corrected chi connectivity index (χ0v) is 7.26. The normalized spacial score (nSPS) is 9.82. The van der Waals surface area contributed by atoms with Gasteiger partial charge in [-0.1, -0.05) is 11.6 Å². The van der Waals surface area contributed by atoms with Crippen LogP contribution in [0, 0.1) is 6.92 Å². The summed E-state index contributed by atoms with van der Waals surface area (Å²) in [5, 5.41) is 9.26. The van der Waals surface area contributed by atoms with Gasteiger partial charge in [-0.2, -0.15) is 4.58 Å². The van der Waals surface area contributed by atoms with E-state index in [1.54, 1.807) is 6.92 Å². The number of aromatic nitrogens is 1. The maximum absolute atomic E-state index is 8.83. The lowest BCUT2D eigenvalue weighted by molar-refractivity contribution is 0.325. The molecule has 0 amide bonds. The van der Waals surface area contributed by atoms with E-state index in [4.69, 9.17) is 28.6 Å². The van der Waals surface area contributed by atoms with Gasteiger partial charge >= 0.3 is 0 Å². The van der Waals surface area contributed by atoms with Crippen molar-refractivity contribution < 1.29 is 5.21 Å². The van der Waals surface area contributed by atoms with E-state index in [-0.39, 0.29) is 0 Å². The summed E-state index contributed by atoms with van der Waals surface area (Å²) < 4.78 is 0.466. The summed E-state index contributed by atoms with van der Waals surface area (Å²) >= 11 is 10.9. The molecule has 1 aromatic heterocycles. The second-order valence-corrected chi connectivity index (χ2v) is 2.77. The average molecular weight is 193 g/mol. The van der Waals surface area contributed by atoms with Gasteiger partial charge in [-0.25, -0.2) is 0 Å². The number of pyridine rings is 1. The Labute approximate surface area is 74.2 Å². The van der Waals surface area contributed by atoms with E-state index in [1.807, 2.05) is 0 Å². The van der Waals surface area contributed by atoms with Crippen LogP contribution in [0.3, 0.4) is 0 Å². The van der Waals surface area contributed by atoms with E-state index in [1.165, 1.54) is 12.3 Å².